The Morgan fingerprint density at radius 1 is 1.67 bits per heavy atom. The molecule has 1 amide bonds. The molecule has 1 unspecified atom stereocenters. The zero-order valence-corrected chi connectivity index (χ0v) is 9.74. The minimum Gasteiger partial charge on any atom is -0.379 e. The summed E-state index contributed by atoms with van der Waals surface area (Å²) in [6.07, 6.45) is 3.71. The van der Waals surface area contributed by atoms with E-state index in [0.29, 0.717) is 12.3 Å². The van der Waals surface area contributed by atoms with Gasteiger partial charge in [-0.15, -0.1) is 6.58 Å². The van der Waals surface area contributed by atoms with E-state index < -0.39 is 0 Å². The standard InChI is InChI=1S/C12H21NO2/c1-4-11-8-12(14)13(9-11)6-5-7-15-10(2)3/h4,10-11H,1,5-9H2,2-3H3. The summed E-state index contributed by atoms with van der Waals surface area (Å²) in [5, 5.41) is 0. The van der Waals surface area contributed by atoms with E-state index in [0.717, 1.165) is 26.1 Å². The van der Waals surface area contributed by atoms with E-state index in [1.807, 2.05) is 24.8 Å². The van der Waals surface area contributed by atoms with Gasteiger partial charge in [0.2, 0.25) is 5.91 Å². The molecule has 1 heterocycles. The molecule has 1 saturated heterocycles. The number of nitrogens with zero attached hydrogens (tertiary/aromatic N) is 1. The number of ether oxygens (including phenoxy) is 1. The highest BCUT2D eigenvalue weighted by molar-refractivity contribution is 5.78. The van der Waals surface area contributed by atoms with Crippen molar-refractivity contribution in [1.82, 2.24) is 4.90 Å². The van der Waals surface area contributed by atoms with Gasteiger partial charge in [0.05, 0.1) is 6.10 Å². The molecule has 0 N–H and O–H groups in total. The number of carbonyl (C=O) groups excluding carboxylic acids is 1. The van der Waals surface area contributed by atoms with Gasteiger partial charge < -0.3 is 9.64 Å². The highest BCUT2D eigenvalue weighted by atomic mass is 16.5. The van der Waals surface area contributed by atoms with E-state index in [1.54, 1.807) is 0 Å². The lowest BCUT2D eigenvalue weighted by Crippen LogP contribution is -2.27. The van der Waals surface area contributed by atoms with Crippen molar-refractivity contribution >= 4 is 5.91 Å². The Hall–Kier alpha value is -0.830. The van der Waals surface area contributed by atoms with Crippen molar-refractivity contribution in [2.24, 2.45) is 5.92 Å². The van der Waals surface area contributed by atoms with Crippen molar-refractivity contribution in [2.75, 3.05) is 19.7 Å². The van der Waals surface area contributed by atoms with E-state index in [1.165, 1.54) is 0 Å². The Morgan fingerprint density at radius 2 is 2.40 bits per heavy atom. The maximum absolute atomic E-state index is 11.5. The molecule has 0 aromatic heterocycles. The maximum atomic E-state index is 11.5. The fourth-order valence-corrected chi connectivity index (χ4v) is 1.75. The fourth-order valence-electron chi connectivity index (χ4n) is 1.75. The van der Waals surface area contributed by atoms with Crippen LogP contribution in [0.5, 0.6) is 0 Å². The first-order valence-electron chi connectivity index (χ1n) is 5.65. The molecule has 1 aliphatic heterocycles. The van der Waals surface area contributed by atoms with Gasteiger partial charge in [0.25, 0.3) is 0 Å². The van der Waals surface area contributed by atoms with Gasteiger partial charge in [0, 0.05) is 32.0 Å². The summed E-state index contributed by atoms with van der Waals surface area (Å²) in [5.74, 6) is 0.605. The molecule has 1 fully saturated rings. The molecule has 0 bridgehead atoms. The predicted octanol–water partition coefficient (Wildman–Crippen LogP) is 1.84. The number of rotatable bonds is 6. The van der Waals surface area contributed by atoms with Crippen molar-refractivity contribution in [3.05, 3.63) is 12.7 Å². The molecule has 0 saturated carbocycles. The van der Waals surface area contributed by atoms with Gasteiger partial charge in [-0.3, -0.25) is 4.79 Å². The number of amides is 1. The summed E-state index contributed by atoms with van der Waals surface area (Å²) in [6, 6.07) is 0. The monoisotopic (exact) mass is 211 g/mol. The quantitative estimate of drug-likeness (QED) is 0.495. The first kappa shape index (κ1) is 12.2. The van der Waals surface area contributed by atoms with E-state index in [-0.39, 0.29) is 12.0 Å². The van der Waals surface area contributed by atoms with Crippen LogP contribution in [-0.4, -0.2) is 36.6 Å². The average Bonchev–Trinajstić information content (AvgIpc) is 2.54. The highest BCUT2D eigenvalue weighted by Crippen LogP contribution is 2.18. The Labute approximate surface area is 92.1 Å². The topological polar surface area (TPSA) is 29.5 Å². The van der Waals surface area contributed by atoms with Crippen LogP contribution in [0.4, 0.5) is 0 Å². The second-order valence-corrected chi connectivity index (χ2v) is 4.31. The lowest BCUT2D eigenvalue weighted by atomic mass is 10.1. The van der Waals surface area contributed by atoms with E-state index in [4.69, 9.17) is 4.74 Å². The zero-order valence-electron chi connectivity index (χ0n) is 9.74. The fraction of sp³-hybridized carbons (Fsp3) is 0.750. The number of likely N-dealkylation sites (tertiary alicyclic amines) is 1. The molecule has 1 atom stereocenters. The molecular formula is C12H21NO2. The van der Waals surface area contributed by atoms with Gasteiger partial charge in [-0.05, 0) is 20.3 Å². The molecule has 0 spiro atoms. The van der Waals surface area contributed by atoms with Crippen LogP contribution in [0.2, 0.25) is 0 Å². The Kier molecular flexibility index (Phi) is 4.82. The molecule has 86 valence electrons. The number of hydrogen-bond acceptors (Lipinski definition) is 2. The van der Waals surface area contributed by atoms with Gasteiger partial charge in [-0.25, -0.2) is 0 Å². The summed E-state index contributed by atoms with van der Waals surface area (Å²) in [5.41, 5.74) is 0. The summed E-state index contributed by atoms with van der Waals surface area (Å²) < 4.78 is 5.43. The summed E-state index contributed by atoms with van der Waals surface area (Å²) in [7, 11) is 0. The third-order valence-electron chi connectivity index (χ3n) is 2.60. The molecule has 1 rings (SSSR count). The Balaban J connectivity index is 2.16. The molecule has 0 aliphatic carbocycles. The first-order valence-corrected chi connectivity index (χ1v) is 5.65. The van der Waals surface area contributed by atoms with E-state index in [9.17, 15) is 4.79 Å². The molecular weight excluding hydrogens is 190 g/mol. The summed E-state index contributed by atoms with van der Waals surface area (Å²) >= 11 is 0. The van der Waals surface area contributed by atoms with Crippen LogP contribution in [0.3, 0.4) is 0 Å². The maximum Gasteiger partial charge on any atom is 0.223 e. The zero-order chi connectivity index (χ0) is 11.3. The Morgan fingerprint density at radius 3 is 2.93 bits per heavy atom. The second-order valence-electron chi connectivity index (χ2n) is 4.31. The van der Waals surface area contributed by atoms with Crippen molar-refractivity contribution in [3.8, 4) is 0 Å². The predicted molar refractivity (Wildman–Crippen MR) is 60.6 cm³/mol. The van der Waals surface area contributed by atoms with Crippen molar-refractivity contribution in [3.63, 3.8) is 0 Å². The van der Waals surface area contributed by atoms with Crippen LogP contribution in [0.25, 0.3) is 0 Å². The molecule has 0 radical (unpaired) electrons. The van der Waals surface area contributed by atoms with Crippen molar-refractivity contribution < 1.29 is 9.53 Å². The van der Waals surface area contributed by atoms with Gasteiger partial charge in [0.15, 0.2) is 0 Å². The molecule has 0 aromatic rings. The summed E-state index contributed by atoms with van der Waals surface area (Å²) in [4.78, 5) is 13.4. The van der Waals surface area contributed by atoms with Crippen molar-refractivity contribution in [2.45, 2.75) is 32.8 Å². The largest absolute Gasteiger partial charge is 0.379 e. The van der Waals surface area contributed by atoms with Crippen LogP contribution in [0, 0.1) is 5.92 Å². The number of carbonyl (C=O) groups is 1. The van der Waals surface area contributed by atoms with Crippen LogP contribution in [0.1, 0.15) is 26.7 Å². The van der Waals surface area contributed by atoms with Gasteiger partial charge in [0.1, 0.15) is 0 Å². The van der Waals surface area contributed by atoms with E-state index in [2.05, 4.69) is 6.58 Å². The minimum atomic E-state index is 0.254. The SMILES string of the molecule is C=CC1CC(=O)N(CCCOC(C)C)C1. The molecule has 3 nitrogen and oxygen atoms in total. The van der Waals surface area contributed by atoms with Crippen LogP contribution < -0.4 is 0 Å². The van der Waals surface area contributed by atoms with Crippen molar-refractivity contribution in [1.29, 1.82) is 0 Å². The molecule has 15 heavy (non-hydrogen) atoms. The first-order chi connectivity index (χ1) is 7.13. The average molecular weight is 211 g/mol. The van der Waals surface area contributed by atoms with Gasteiger partial charge in [-0.2, -0.15) is 0 Å². The smallest absolute Gasteiger partial charge is 0.223 e. The third-order valence-corrected chi connectivity index (χ3v) is 2.60. The minimum absolute atomic E-state index is 0.254. The van der Waals surface area contributed by atoms with Crippen LogP contribution in [0.15, 0.2) is 12.7 Å². The summed E-state index contributed by atoms with van der Waals surface area (Å²) in [6.45, 7) is 10.2. The van der Waals surface area contributed by atoms with Crippen LogP contribution >= 0.6 is 0 Å². The lowest BCUT2D eigenvalue weighted by molar-refractivity contribution is -0.127. The van der Waals surface area contributed by atoms with Crippen LogP contribution in [-0.2, 0) is 9.53 Å². The second kappa shape index (κ2) is 5.91. The van der Waals surface area contributed by atoms with Gasteiger partial charge >= 0.3 is 0 Å². The molecule has 1 aliphatic rings. The molecule has 3 heteroatoms. The Bertz CT molecular complexity index is 226. The third kappa shape index (κ3) is 4.04. The highest BCUT2D eigenvalue weighted by Gasteiger charge is 2.26. The number of hydrogen-bond donors (Lipinski definition) is 0. The normalized spacial score (nSPS) is 21.4. The molecule has 0 aromatic carbocycles. The van der Waals surface area contributed by atoms with Gasteiger partial charge in [-0.1, -0.05) is 6.08 Å². The van der Waals surface area contributed by atoms with E-state index >= 15 is 0 Å². The lowest BCUT2D eigenvalue weighted by Gasteiger charge is -2.16.